The van der Waals surface area contributed by atoms with Crippen molar-refractivity contribution in [2.75, 3.05) is 13.1 Å². The minimum atomic E-state index is -4.40. The van der Waals surface area contributed by atoms with Gasteiger partial charge in [0.05, 0.1) is 17.3 Å². The van der Waals surface area contributed by atoms with E-state index in [1.807, 2.05) is 30.3 Å². The molecule has 0 bridgehead atoms. The molecule has 0 aromatic heterocycles. The standard InChI is InChI=1S/C25H28F3N3/c1-2-17-5-7-18(8-6-17)9-10-19-11-12-20(16-21(19)25(26,27)28)22-13-15-30-24(31-22)23-4-3-14-29-23/h5-8,11-13,16,23,29H,2-4,9-10,14-15H2,1H3,(H,30,31). The highest BCUT2D eigenvalue weighted by atomic mass is 19.4. The van der Waals surface area contributed by atoms with Crippen molar-refractivity contribution in [1.82, 2.24) is 10.6 Å². The molecule has 1 saturated heterocycles. The van der Waals surface area contributed by atoms with Crippen LogP contribution in [0.4, 0.5) is 13.2 Å². The van der Waals surface area contributed by atoms with Crippen molar-refractivity contribution in [3.63, 3.8) is 0 Å². The molecule has 6 heteroatoms. The van der Waals surface area contributed by atoms with Crippen molar-refractivity contribution >= 4 is 11.5 Å². The van der Waals surface area contributed by atoms with Crippen LogP contribution in [0.2, 0.25) is 0 Å². The van der Waals surface area contributed by atoms with Gasteiger partial charge in [0.15, 0.2) is 0 Å². The summed E-state index contributed by atoms with van der Waals surface area (Å²) in [6, 6.07) is 12.9. The van der Waals surface area contributed by atoms with Crippen LogP contribution in [-0.2, 0) is 25.4 Å². The molecule has 2 heterocycles. The highest BCUT2D eigenvalue weighted by Crippen LogP contribution is 2.35. The zero-order valence-electron chi connectivity index (χ0n) is 17.7. The fourth-order valence-corrected chi connectivity index (χ4v) is 4.21. The van der Waals surface area contributed by atoms with Crippen LogP contribution in [0.25, 0.3) is 5.70 Å². The second-order valence-corrected chi connectivity index (χ2v) is 8.16. The zero-order valence-corrected chi connectivity index (χ0v) is 17.7. The number of amidine groups is 1. The fraction of sp³-hybridized carbons (Fsp3) is 0.400. The molecule has 164 valence electrons. The Morgan fingerprint density at radius 2 is 1.81 bits per heavy atom. The Bertz CT molecular complexity index is 968. The van der Waals surface area contributed by atoms with Crippen LogP contribution in [-0.4, -0.2) is 25.0 Å². The molecule has 0 amide bonds. The smallest absolute Gasteiger partial charge is 0.369 e. The number of benzene rings is 2. The van der Waals surface area contributed by atoms with Gasteiger partial charge < -0.3 is 10.6 Å². The minimum Gasteiger partial charge on any atom is -0.369 e. The number of alkyl halides is 3. The van der Waals surface area contributed by atoms with Crippen LogP contribution in [0.5, 0.6) is 0 Å². The second-order valence-electron chi connectivity index (χ2n) is 8.16. The van der Waals surface area contributed by atoms with Gasteiger partial charge in [-0.15, -0.1) is 0 Å². The van der Waals surface area contributed by atoms with Crippen LogP contribution >= 0.6 is 0 Å². The van der Waals surface area contributed by atoms with E-state index in [9.17, 15) is 13.2 Å². The Morgan fingerprint density at radius 3 is 2.48 bits per heavy atom. The van der Waals surface area contributed by atoms with Crippen LogP contribution in [0.15, 0.2) is 53.5 Å². The molecule has 2 aromatic carbocycles. The number of aliphatic imine (C=N–C) groups is 1. The van der Waals surface area contributed by atoms with Gasteiger partial charge in [-0.2, -0.15) is 13.2 Å². The summed E-state index contributed by atoms with van der Waals surface area (Å²) in [5.41, 5.74) is 3.16. The van der Waals surface area contributed by atoms with Crippen LogP contribution in [0, 0.1) is 0 Å². The lowest BCUT2D eigenvalue weighted by atomic mass is 9.96. The summed E-state index contributed by atoms with van der Waals surface area (Å²) >= 11 is 0. The Hall–Kier alpha value is -2.60. The minimum absolute atomic E-state index is 0.157. The monoisotopic (exact) mass is 427 g/mol. The van der Waals surface area contributed by atoms with E-state index in [1.165, 1.54) is 11.6 Å². The topological polar surface area (TPSA) is 36.4 Å². The highest BCUT2D eigenvalue weighted by molar-refractivity contribution is 5.94. The summed E-state index contributed by atoms with van der Waals surface area (Å²) in [6.45, 7) is 3.60. The van der Waals surface area contributed by atoms with Gasteiger partial charge in [0.2, 0.25) is 0 Å². The lowest BCUT2D eigenvalue weighted by Gasteiger charge is -2.21. The molecule has 0 radical (unpaired) electrons. The van der Waals surface area contributed by atoms with Gasteiger partial charge in [0.1, 0.15) is 5.84 Å². The van der Waals surface area contributed by atoms with Gasteiger partial charge >= 0.3 is 6.18 Å². The van der Waals surface area contributed by atoms with Crippen molar-refractivity contribution in [3.05, 3.63) is 76.4 Å². The third kappa shape index (κ3) is 5.18. The molecular formula is C25H28F3N3. The molecule has 0 aliphatic carbocycles. The van der Waals surface area contributed by atoms with Crippen LogP contribution in [0.1, 0.15) is 47.6 Å². The van der Waals surface area contributed by atoms with Crippen molar-refractivity contribution in [3.8, 4) is 0 Å². The molecule has 4 rings (SSSR count). The molecule has 3 nitrogen and oxygen atoms in total. The quantitative estimate of drug-likeness (QED) is 0.669. The van der Waals surface area contributed by atoms with Gasteiger partial charge in [0.25, 0.3) is 0 Å². The first-order valence-corrected chi connectivity index (χ1v) is 11.0. The summed E-state index contributed by atoms with van der Waals surface area (Å²) in [4.78, 5) is 4.63. The lowest BCUT2D eigenvalue weighted by molar-refractivity contribution is -0.138. The first-order valence-electron chi connectivity index (χ1n) is 11.0. The van der Waals surface area contributed by atoms with Crippen molar-refractivity contribution in [2.45, 2.75) is 51.2 Å². The summed E-state index contributed by atoms with van der Waals surface area (Å²) < 4.78 is 41.6. The number of halogens is 3. The third-order valence-electron chi connectivity index (χ3n) is 6.04. The number of nitrogens with zero attached hydrogens (tertiary/aromatic N) is 1. The van der Waals surface area contributed by atoms with Gasteiger partial charge in [-0.25, -0.2) is 4.99 Å². The predicted octanol–water partition coefficient (Wildman–Crippen LogP) is 5.15. The Labute approximate surface area is 181 Å². The van der Waals surface area contributed by atoms with Crippen LogP contribution < -0.4 is 10.6 Å². The average molecular weight is 428 g/mol. The summed E-state index contributed by atoms with van der Waals surface area (Å²) in [7, 11) is 0. The largest absolute Gasteiger partial charge is 0.416 e. The average Bonchev–Trinajstić information content (AvgIpc) is 3.32. The highest BCUT2D eigenvalue weighted by Gasteiger charge is 2.34. The Morgan fingerprint density at radius 1 is 1.03 bits per heavy atom. The molecule has 2 aliphatic rings. The van der Waals surface area contributed by atoms with Gasteiger partial charge in [-0.05, 0) is 67.5 Å². The van der Waals surface area contributed by atoms with Gasteiger partial charge in [-0.3, -0.25) is 0 Å². The molecule has 1 fully saturated rings. The van der Waals surface area contributed by atoms with E-state index in [4.69, 9.17) is 0 Å². The Kier molecular flexibility index (Phi) is 6.46. The van der Waals surface area contributed by atoms with E-state index in [-0.39, 0.29) is 6.04 Å². The number of rotatable bonds is 6. The lowest BCUT2D eigenvalue weighted by Crippen LogP contribution is -2.42. The molecule has 1 atom stereocenters. The third-order valence-corrected chi connectivity index (χ3v) is 6.04. The molecule has 1 unspecified atom stereocenters. The van der Waals surface area contributed by atoms with E-state index in [0.717, 1.165) is 37.2 Å². The van der Waals surface area contributed by atoms with E-state index in [1.54, 1.807) is 12.1 Å². The first kappa shape index (κ1) is 21.6. The van der Waals surface area contributed by atoms with E-state index < -0.39 is 11.7 Å². The van der Waals surface area contributed by atoms with Gasteiger partial charge in [0, 0.05) is 12.1 Å². The molecule has 2 aliphatic heterocycles. The molecule has 2 aromatic rings. The SMILES string of the molecule is CCc1ccc(CCc2ccc(C3=CCNC(C4CCCN4)=N3)cc2C(F)(F)F)cc1. The number of hydrogen-bond acceptors (Lipinski definition) is 3. The normalized spacial score (nSPS) is 19.0. The molecule has 0 saturated carbocycles. The van der Waals surface area contributed by atoms with Crippen LogP contribution in [0.3, 0.4) is 0 Å². The molecule has 0 spiro atoms. The molecule has 31 heavy (non-hydrogen) atoms. The number of hydrogen-bond donors (Lipinski definition) is 2. The fourth-order valence-electron chi connectivity index (χ4n) is 4.21. The maximum atomic E-state index is 13.9. The zero-order chi connectivity index (χ0) is 21.8. The molecule has 2 N–H and O–H groups in total. The van der Waals surface area contributed by atoms with Crippen molar-refractivity contribution < 1.29 is 13.2 Å². The van der Waals surface area contributed by atoms with E-state index >= 15 is 0 Å². The number of aryl methyl sites for hydroxylation is 3. The maximum Gasteiger partial charge on any atom is 0.416 e. The van der Waals surface area contributed by atoms with E-state index in [0.29, 0.717) is 36.2 Å². The maximum absolute atomic E-state index is 13.9. The predicted molar refractivity (Wildman–Crippen MR) is 119 cm³/mol. The summed E-state index contributed by atoms with van der Waals surface area (Å²) in [5.74, 6) is 0.822. The summed E-state index contributed by atoms with van der Waals surface area (Å²) in [5, 5.41) is 6.63. The second kappa shape index (κ2) is 9.27. The van der Waals surface area contributed by atoms with Crippen molar-refractivity contribution in [1.29, 1.82) is 0 Å². The summed E-state index contributed by atoms with van der Waals surface area (Å²) in [6.07, 6.45) is 1.40. The Balaban J connectivity index is 1.56. The number of nitrogens with one attached hydrogen (secondary N) is 2. The first-order chi connectivity index (χ1) is 14.9. The van der Waals surface area contributed by atoms with Gasteiger partial charge in [-0.1, -0.05) is 43.3 Å². The molecular weight excluding hydrogens is 399 g/mol. The van der Waals surface area contributed by atoms with E-state index in [2.05, 4.69) is 22.5 Å². The van der Waals surface area contributed by atoms with Crippen molar-refractivity contribution in [2.24, 2.45) is 4.99 Å².